The summed E-state index contributed by atoms with van der Waals surface area (Å²) >= 11 is 0.432. The first-order valence-electron chi connectivity index (χ1n) is 1.76. The van der Waals surface area contributed by atoms with Crippen molar-refractivity contribution in [3.63, 3.8) is 0 Å². The monoisotopic (exact) mass is 96.0 g/mol. The van der Waals surface area contributed by atoms with Gasteiger partial charge in [0.25, 0.3) is 0 Å². The summed E-state index contributed by atoms with van der Waals surface area (Å²) in [6.45, 7) is 1.90. The molecule has 0 amide bonds. The van der Waals surface area contributed by atoms with Crippen LogP contribution in [-0.4, -0.2) is 48.8 Å². The van der Waals surface area contributed by atoms with Crippen LogP contribution in [0.1, 0.15) is 13.3 Å². The summed E-state index contributed by atoms with van der Waals surface area (Å²) in [6, 6.07) is 0. The van der Waals surface area contributed by atoms with Crippen LogP contribution in [0.5, 0.6) is 0 Å². The molecule has 0 rings (SSSR count). The average molecular weight is 96.2 g/mol. The number of hydrogen-bond acceptors (Lipinski definition) is 1. The molecule has 0 aromatic rings. The van der Waals surface area contributed by atoms with E-state index in [0.29, 0.717) is 48.8 Å². The Kier molecular flexibility index (Phi) is 4.41. The zero-order valence-corrected chi connectivity index (χ0v) is 6.74. The second-order valence-electron chi connectivity index (χ2n) is 1.06. The number of rotatable bonds is 1. The molecule has 0 heterocycles. The van der Waals surface area contributed by atoms with E-state index in [1.54, 1.807) is 0 Å². The maximum absolute atomic E-state index is 9.90. The van der Waals surface area contributed by atoms with E-state index in [1.807, 2.05) is 6.92 Å². The van der Waals surface area contributed by atoms with Crippen LogP contribution in [0.2, 0.25) is 0 Å². The number of carbonyl (C=O) groups excluding carboxylic acids is 1. The van der Waals surface area contributed by atoms with Gasteiger partial charge in [-0.1, -0.05) is 0 Å². The van der Waals surface area contributed by atoms with Crippen molar-refractivity contribution in [1.82, 2.24) is 0 Å². The molecule has 2 heteroatoms. The Morgan fingerprint density at radius 2 is 2.20 bits per heavy atom. The Balaban J connectivity index is 2.85. The zero-order chi connectivity index (χ0) is 4.28. The van der Waals surface area contributed by atoms with Crippen LogP contribution in [0.3, 0.4) is 0 Å². The van der Waals surface area contributed by atoms with Crippen molar-refractivity contribution in [2.24, 2.45) is 0 Å². The van der Waals surface area contributed by atoms with E-state index in [1.165, 1.54) is 0 Å². The first kappa shape index (κ1) is 6.31. The van der Waals surface area contributed by atoms with E-state index in [-0.39, 0.29) is 0 Å². The molecule has 0 aliphatic carbocycles. The molecule has 0 fully saturated rings. The number of hydrogen-bond donors (Lipinski definition) is 0. The Morgan fingerprint density at radius 1 is 2.00 bits per heavy atom. The molecule has 0 aliphatic rings. The van der Waals surface area contributed by atoms with Gasteiger partial charge in [0.15, 0.2) is 0 Å². The van der Waals surface area contributed by atoms with E-state index < -0.39 is 0 Å². The first-order chi connectivity index (χ1) is 2.27. The van der Waals surface area contributed by atoms with Gasteiger partial charge >= 0.3 is 67.0 Å². The minimum atomic E-state index is 0.432. The fourth-order valence-corrected chi connectivity index (χ4v) is 0. The van der Waals surface area contributed by atoms with Crippen molar-refractivity contribution in [1.29, 1.82) is 0 Å². The van der Waals surface area contributed by atoms with Gasteiger partial charge in [-0.05, 0) is 0 Å². The third-order valence-corrected chi connectivity index (χ3v) is 1.60. The SMILES string of the molecule is CC[C](=O)[K]. The third-order valence-electron chi connectivity index (χ3n) is 0.498. The molecule has 0 unspecified atom stereocenters. The second kappa shape index (κ2) is 3.49. The van der Waals surface area contributed by atoms with Crippen molar-refractivity contribution in [2.75, 3.05) is 0 Å². The second-order valence-corrected chi connectivity index (χ2v) is 2.80. The van der Waals surface area contributed by atoms with Crippen LogP contribution in [0.15, 0.2) is 0 Å². The van der Waals surface area contributed by atoms with E-state index in [4.69, 9.17) is 0 Å². The van der Waals surface area contributed by atoms with Gasteiger partial charge in [-0.2, -0.15) is 0 Å². The molecule has 0 spiro atoms. The van der Waals surface area contributed by atoms with Gasteiger partial charge in [-0.15, -0.1) is 0 Å². The topological polar surface area (TPSA) is 17.1 Å². The molecular weight excluding hydrogens is 91.1 g/mol. The predicted octanol–water partition coefficient (Wildman–Crippen LogP) is 0.0915. The molecule has 0 aromatic heterocycles. The summed E-state index contributed by atoms with van der Waals surface area (Å²) in [6.07, 6.45) is 0.750. The minimum absolute atomic E-state index is 0.432. The van der Waals surface area contributed by atoms with E-state index in [0.717, 1.165) is 6.42 Å². The molecule has 0 atom stereocenters. The summed E-state index contributed by atoms with van der Waals surface area (Å²) < 4.78 is 0.442. The summed E-state index contributed by atoms with van der Waals surface area (Å²) in [4.78, 5) is 9.90. The third kappa shape index (κ3) is 5.31. The molecule has 0 bridgehead atoms. The van der Waals surface area contributed by atoms with Crippen LogP contribution >= 0.6 is 0 Å². The van der Waals surface area contributed by atoms with Gasteiger partial charge in [-0.25, -0.2) is 0 Å². The van der Waals surface area contributed by atoms with Crippen molar-refractivity contribution in [3.8, 4) is 0 Å². The Hall–Kier alpha value is 1.31. The van der Waals surface area contributed by atoms with Gasteiger partial charge in [0.05, 0.1) is 0 Å². The fourth-order valence-electron chi connectivity index (χ4n) is 0. The number of carbonyl (C=O) groups is 1. The van der Waals surface area contributed by atoms with Crippen LogP contribution < -0.4 is 0 Å². The predicted molar refractivity (Wildman–Crippen MR) is 21.1 cm³/mol. The van der Waals surface area contributed by atoms with Crippen LogP contribution in [0, 0.1) is 0 Å². The van der Waals surface area contributed by atoms with E-state index in [2.05, 4.69) is 0 Å². The summed E-state index contributed by atoms with van der Waals surface area (Å²) in [7, 11) is 0. The van der Waals surface area contributed by atoms with Gasteiger partial charge in [0, 0.05) is 0 Å². The Morgan fingerprint density at radius 3 is 2.20 bits per heavy atom. The van der Waals surface area contributed by atoms with E-state index in [9.17, 15) is 4.79 Å². The normalized spacial score (nSPS) is 7.80. The molecule has 0 saturated carbocycles. The van der Waals surface area contributed by atoms with Crippen molar-refractivity contribution in [2.45, 2.75) is 13.3 Å². The first-order valence-corrected chi connectivity index (χ1v) is 3.33. The maximum atomic E-state index is 9.90. The standard InChI is InChI=1S/C3H5O.K/c1-2-3-4;/h2H2,1H3;. The van der Waals surface area contributed by atoms with Gasteiger partial charge in [-0.3, -0.25) is 0 Å². The van der Waals surface area contributed by atoms with Crippen molar-refractivity contribution >= 4 is 48.8 Å². The quantitative estimate of drug-likeness (QED) is 0.423. The molecule has 5 heavy (non-hydrogen) atoms. The van der Waals surface area contributed by atoms with Crippen LogP contribution in [-0.2, 0) is 4.79 Å². The molecular formula is C3H5KO. The molecule has 0 aromatic carbocycles. The fraction of sp³-hybridized carbons (Fsp3) is 0.667. The summed E-state index contributed by atoms with van der Waals surface area (Å²) in [5, 5.41) is 0. The van der Waals surface area contributed by atoms with Gasteiger partial charge < -0.3 is 0 Å². The molecule has 0 radical (unpaired) electrons. The van der Waals surface area contributed by atoms with Crippen LogP contribution in [0.4, 0.5) is 0 Å². The molecule has 24 valence electrons. The summed E-state index contributed by atoms with van der Waals surface area (Å²) in [5.41, 5.74) is 0. The Bertz CT molecular complexity index is 42.2. The van der Waals surface area contributed by atoms with E-state index >= 15 is 0 Å². The molecule has 0 saturated heterocycles. The van der Waals surface area contributed by atoms with Gasteiger partial charge in [0.1, 0.15) is 0 Å². The average Bonchev–Trinajstić information content (AvgIpc) is 1.38. The zero-order valence-electron chi connectivity index (χ0n) is 3.62. The van der Waals surface area contributed by atoms with Gasteiger partial charge in [0.2, 0.25) is 0 Å². The van der Waals surface area contributed by atoms with Crippen molar-refractivity contribution in [3.05, 3.63) is 0 Å². The van der Waals surface area contributed by atoms with Crippen molar-refractivity contribution < 1.29 is 4.79 Å². The molecule has 0 N–H and O–H groups in total. The molecule has 1 nitrogen and oxygen atoms in total. The summed E-state index contributed by atoms with van der Waals surface area (Å²) in [5.74, 6) is 0. The van der Waals surface area contributed by atoms with Crippen LogP contribution in [0.25, 0.3) is 0 Å². The Labute approximate surface area is 65.7 Å². The molecule has 0 aliphatic heterocycles.